The van der Waals surface area contributed by atoms with Gasteiger partial charge in [-0.3, -0.25) is 9.59 Å². The minimum atomic E-state index is -0.159. The van der Waals surface area contributed by atoms with Crippen molar-refractivity contribution in [2.45, 2.75) is 51.2 Å². The van der Waals surface area contributed by atoms with E-state index in [9.17, 15) is 9.59 Å². The predicted octanol–water partition coefficient (Wildman–Crippen LogP) is 2.84. The van der Waals surface area contributed by atoms with Gasteiger partial charge in [0, 0.05) is 39.2 Å². The predicted molar refractivity (Wildman–Crippen MR) is 96.3 cm³/mol. The highest BCUT2D eigenvalue weighted by molar-refractivity contribution is 5.94. The zero-order valence-electron chi connectivity index (χ0n) is 15.3. The number of ether oxygens (including phenoxy) is 1. The second-order valence-electron chi connectivity index (χ2n) is 7.31. The third kappa shape index (κ3) is 3.71. The van der Waals surface area contributed by atoms with E-state index < -0.39 is 0 Å². The molecule has 0 bridgehead atoms. The maximum Gasteiger partial charge on any atom is 0.253 e. The van der Waals surface area contributed by atoms with E-state index in [1.165, 1.54) is 6.42 Å². The van der Waals surface area contributed by atoms with Crippen molar-refractivity contribution >= 4 is 11.8 Å². The Labute approximate surface area is 149 Å². The number of piperazine rings is 1. The van der Waals surface area contributed by atoms with E-state index in [4.69, 9.17) is 4.74 Å². The number of carbonyl (C=O) groups excluding carboxylic acids is 2. The molecule has 5 heteroatoms. The van der Waals surface area contributed by atoms with Gasteiger partial charge in [-0.2, -0.15) is 0 Å². The lowest BCUT2D eigenvalue weighted by Gasteiger charge is -2.52. The maximum absolute atomic E-state index is 13.0. The average Bonchev–Trinajstić information content (AvgIpc) is 2.62. The van der Waals surface area contributed by atoms with Crippen LogP contribution >= 0.6 is 0 Å². The third-order valence-electron chi connectivity index (χ3n) is 5.61. The fraction of sp³-hybridized carbons (Fsp3) is 0.600. The van der Waals surface area contributed by atoms with Crippen molar-refractivity contribution in [2.75, 3.05) is 26.7 Å². The highest BCUT2D eigenvalue weighted by atomic mass is 16.5. The molecule has 1 saturated heterocycles. The summed E-state index contributed by atoms with van der Waals surface area (Å²) in [6.07, 6.45) is 5.50. The summed E-state index contributed by atoms with van der Waals surface area (Å²) in [4.78, 5) is 29.1. The minimum Gasteiger partial charge on any atom is -0.380 e. The van der Waals surface area contributed by atoms with Crippen molar-refractivity contribution in [3.63, 3.8) is 0 Å². The van der Waals surface area contributed by atoms with Crippen LogP contribution in [-0.2, 0) is 16.1 Å². The molecule has 0 radical (unpaired) electrons. The summed E-state index contributed by atoms with van der Waals surface area (Å²) >= 11 is 0. The molecule has 1 aliphatic carbocycles. The van der Waals surface area contributed by atoms with Crippen molar-refractivity contribution in [3.05, 3.63) is 35.4 Å². The summed E-state index contributed by atoms with van der Waals surface area (Å²) in [7, 11) is 1.66. The quantitative estimate of drug-likeness (QED) is 0.847. The second kappa shape index (κ2) is 7.56. The van der Waals surface area contributed by atoms with Crippen molar-refractivity contribution in [1.29, 1.82) is 0 Å². The first-order valence-electron chi connectivity index (χ1n) is 9.21. The Morgan fingerprint density at radius 1 is 1.08 bits per heavy atom. The first kappa shape index (κ1) is 17.9. The van der Waals surface area contributed by atoms with Crippen LogP contribution in [0.25, 0.3) is 0 Å². The highest BCUT2D eigenvalue weighted by Gasteiger charge is 2.44. The van der Waals surface area contributed by atoms with E-state index >= 15 is 0 Å². The highest BCUT2D eigenvalue weighted by Crippen LogP contribution is 2.37. The van der Waals surface area contributed by atoms with Crippen molar-refractivity contribution in [1.82, 2.24) is 9.80 Å². The number of hydrogen-bond donors (Lipinski definition) is 0. The molecule has 1 saturated carbocycles. The molecular weight excluding hydrogens is 316 g/mol. The van der Waals surface area contributed by atoms with Gasteiger partial charge in [0.1, 0.15) is 0 Å². The van der Waals surface area contributed by atoms with Gasteiger partial charge in [-0.15, -0.1) is 0 Å². The average molecular weight is 344 g/mol. The van der Waals surface area contributed by atoms with Gasteiger partial charge in [0.2, 0.25) is 5.91 Å². The summed E-state index contributed by atoms with van der Waals surface area (Å²) in [5, 5.41) is 0. The van der Waals surface area contributed by atoms with Crippen LogP contribution in [0.5, 0.6) is 0 Å². The third-order valence-corrected chi connectivity index (χ3v) is 5.61. The van der Waals surface area contributed by atoms with Gasteiger partial charge in [0.05, 0.1) is 12.1 Å². The lowest BCUT2D eigenvalue weighted by atomic mass is 9.78. The molecule has 1 aliphatic heterocycles. The molecule has 1 aromatic rings. The molecular formula is C20H28N2O3. The zero-order valence-corrected chi connectivity index (χ0v) is 15.3. The molecule has 1 heterocycles. The van der Waals surface area contributed by atoms with Crippen LogP contribution in [0.4, 0.5) is 0 Å². The van der Waals surface area contributed by atoms with Gasteiger partial charge >= 0.3 is 0 Å². The largest absolute Gasteiger partial charge is 0.380 e. The molecule has 25 heavy (non-hydrogen) atoms. The number of nitrogens with zero attached hydrogens (tertiary/aromatic N) is 2. The van der Waals surface area contributed by atoms with E-state index in [-0.39, 0.29) is 17.4 Å². The van der Waals surface area contributed by atoms with Gasteiger partial charge in [-0.1, -0.05) is 31.4 Å². The SMILES string of the molecule is COCc1ccc(C(=O)N2CCN(C(C)=O)C3(CCCCC3)C2)cc1. The van der Waals surface area contributed by atoms with Crippen molar-refractivity contribution in [2.24, 2.45) is 0 Å². The standard InChI is InChI=1S/C20H28N2O3/c1-16(23)22-13-12-21(15-20(22)10-4-3-5-11-20)19(24)18-8-6-17(7-9-18)14-25-2/h6-9H,3-5,10-15H2,1-2H3. The van der Waals surface area contributed by atoms with Crippen molar-refractivity contribution in [3.8, 4) is 0 Å². The van der Waals surface area contributed by atoms with Crippen LogP contribution in [0.2, 0.25) is 0 Å². The van der Waals surface area contributed by atoms with Gasteiger partial charge in [0.25, 0.3) is 5.91 Å². The number of rotatable bonds is 3. The molecule has 5 nitrogen and oxygen atoms in total. The van der Waals surface area contributed by atoms with Crippen LogP contribution in [0.15, 0.2) is 24.3 Å². The van der Waals surface area contributed by atoms with E-state index in [1.807, 2.05) is 34.1 Å². The van der Waals surface area contributed by atoms with Crippen LogP contribution in [0.3, 0.4) is 0 Å². The molecule has 0 aromatic heterocycles. The molecule has 1 aromatic carbocycles. The van der Waals surface area contributed by atoms with Gasteiger partial charge in [-0.25, -0.2) is 0 Å². The Hall–Kier alpha value is -1.88. The van der Waals surface area contributed by atoms with Crippen LogP contribution < -0.4 is 0 Å². The number of benzene rings is 1. The topological polar surface area (TPSA) is 49.9 Å². The number of hydrogen-bond acceptors (Lipinski definition) is 3. The number of amides is 2. The molecule has 0 N–H and O–H groups in total. The Kier molecular flexibility index (Phi) is 5.42. The number of carbonyl (C=O) groups is 2. The fourth-order valence-corrected chi connectivity index (χ4v) is 4.37. The van der Waals surface area contributed by atoms with Crippen molar-refractivity contribution < 1.29 is 14.3 Å². The van der Waals surface area contributed by atoms with E-state index in [2.05, 4.69) is 0 Å². The minimum absolute atomic E-state index is 0.0668. The summed E-state index contributed by atoms with van der Waals surface area (Å²) in [5.74, 6) is 0.204. The molecule has 136 valence electrons. The van der Waals surface area contributed by atoms with Crippen LogP contribution in [0.1, 0.15) is 54.9 Å². The summed E-state index contributed by atoms with van der Waals surface area (Å²) < 4.78 is 5.12. The normalized spacial score (nSPS) is 19.9. The lowest BCUT2D eigenvalue weighted by molar-refractivity contribution is -0.141. The van der Waals surface area contributed by atoms with Crippen LogP contribution in [-0.4, -0.2) is 53.9 Å². The summed E-state index contributed by atoms with van der Waals surface area (Å²) in [5.41, 5.74) is 1.61. The van der Waals surface area contributed by atoms with Gasteiger partial charge < -0.3 is 14.5 Å². The Balaban J connectivity index is 1.76. The van der Waals surface area contributed by atoms with Gasteiger partial charge in [0.15, 0.2) is 0 Å². The van der Waals surface area contributed by atoms with E-state index in [0.29, 0.717) is 31.8 Å². The van der Waals surface area contributed by atoms with E-state index in [0.717, 1.165) is 31.2 Å². The first-order valence-corrected chi connectivity index (χ1v) is 9.21. The van der Waals surface area contributed by atoms with Crippen LogP contribution in [0, 0.1) is 0 Å². The molecule has 3 rings (SSSR count). The Bertz CT molecular complexity index is 620. The molecule has 0 unspecified atom stereocenters. The maximum atomic E-state index is 13.0. The zero-order chi connectivity index (χ0) is 17.9. The lowest BCUT2D eigenvalue weighted by Crippen LogP contribution is -2.65. The molecule has 1 spiro atoms. The summed E-state index contributed by atoms with van der Waals surface area (Å²) in [6.45, 7) is 4.12. The Morgan fingerprint density at radius 3 is 2.36 bits per heavy atom. The Morgan fingerprint density at radius 2 is 1.76 bits per heavy atom. The summed E-state index contributed by atoms with van der Waals surface area (Å²) in [6, 6.07) is 7.64. The fourth-order valence-electron chi connectivity index (χ4n) is 4.37. The van der Waals surface area contributed by atoms with E-state index in [1.54, 1.807) is 14.0 Å². The molecule has 2 fully saturated rings. The smallest absolute Gasteiger partial charge is 0.253 e. The van der Waals surface area contributed by atoms with Gasteiger partial charge in [-0.05, 0) is 30.5 Å². The molecule has 2 aliphatic rings. The monoisotopic (exact) mass is 344 g/mol. The number of methoxy groups -OCH3 is 1. The molecule has 0 atom stereocenters. The molecule has 2 amide bonds. The second-order valence-corrected chi connectivity index (χ2v) is 7.31. The first-order chi connectivity index (χ1) is 12.1.